The van der Waals surface area contributed by atoms with E-state index in [0.29, 0.717) is 5.57 Å². The van der Waals surface area contributed by atoms with Crippen LogP contribution in [0.3, 0.4) is 0 Å². The van der Waals surface area contributed by atoms with Crippen LogP contribution in [0, 0.1) is 17.8 Å². The number of aliphatic hydroxyl groups is 2. The number of aliphatic hydroxyl groups excluding tert-OH is 1. The van der Waals surface area contributed by atoms with Crippen LogP contribution in [0.2, 0.25) is 0 Å². The summed E-state index contributed by atoms with van der Waals surface area (Å²) < 4.78 is 11.1. The Labute approximate surface area is 157 Å². The van der Waals surface area contributed by atoms with Crippen molar-refractivity contribution in [3.05, 3.63) is 36.5 Å². The van der Waals surface area contributed by atoms with Crippen LogP contribution in [0.4, 0.5) is 0 Å². The molecule has 7 atom stereocenters. The number of esters is 2. The molecule has 1 heterocycles. The van der Waals surface area contributed by atoms with Crippen molar-refractivity contribution in [2.75, 3.05) is 5.88 Å². The van der Waals surface area contributed by atoms with Gasteiger partial charge < -0.3 is 19.7 Å². The fraction of sp³-hybridized carbons (Fsp3) is 0.579. The first-order valence-electron chi connectivity index (χ1n) is 8.52. The van der Waals surface area contributed by atoms with E-state index in [9.17, 15) is 19.8 Å². The van der Waals surface area contributed by atoms with Gasteiger partial charge in [0.25, 0.3) is 0 Å². The summed E-state index contributed by atoms with van der Waals surface area (Å²) in [6.45, 7) is 13.0. The maximum atomic E-state index is 12.2. The zero-order valence-corrected chi connectivity index (χ0v) is 15.4. The van der Waals surface area contributed by atoms with Crippen molar-refractivity contribution in [3.8, 4) is 0 Å². The third-order valence-corrected chi connectivity index (χ3v) is 6.32. The third kappa shape index (κ3) is 2.71. The van der Waals surface area contributed by atoms with Crippen LogP contribution >= 0.6 is 11.6 Å². The van der Waals surface area contributed by atoms with Gasteiger partial charge in [0.05, 0.1) is 17.9 Å². The quantitative estimate of drug-likeness (QED) is 0.332. The Morgan fingerprint density at radius 2 is 2.12 bits per heavy atom. The van der Waals surface area contributed by atoms with E-state index in [2.05, 4.69) is 19.7 Å². The highest BCUT2D eigenvalue weighted by Crippen LogP contribution is 2.55. The molecule has 0 bridgehead atoms. The summed E-state index contributed by atoms with van der Waals surface area (Å²) in [6.07, 6.45) is -2.04. The van der Waals surface area contributed by atoms with Crippen LogP contribution in [0.25, 0.3) is 0 Å². The number of hydrogen-bond donors (Lipinski definition) is 2. The second-order valence-corrected chi connectivity index (χ2v) is 7.78. The molecule has 1 saturated heterocycles. The third-order valence-electron chi connectivity index (χ3n) is 5.89. The van der Waals surface area contributed by atoms with Gasteiger partial charge in [0.2, 0.25) is 0 Å². The highest BCUT2D eigenvalue weighted by atomic mass is 35.5. The van der Waals surface area contributed by atoms with Gasteiger partial charge in [0, 0.05) is 23.5 Å². The van der Waals surface area contributed by atoms with Gasteiger partial charge in [0.1, 0.15) is 17.8 Å². The molecule has 3 aliphatic rings. The molecular formula is C19H23ClO6. The summed E-state index contributed by atoms with van der Waals surface area (Å²) in [6, 6.07) is 0. The topological polar surface area (TPSA) is 93.1 Å². The molecule has 2 aliphatic carbocycles. The zero-order chi connectivity index (χ0) is 19.4. The molecule has 0 amide bonds. The molecule has 0 aromatic rings. The smallest absolute Gasteiger partial charge is 0.334 e. The molecule has 1 unspecified atom stereocenters. The maximum absolute atomic E-state index is 12.2. The Kier molecular flexibility index (Phi) is 4.80. The number of halogens is 1. The van der Waals surface area contributed by atoms with Crippen molar-refractivity contribution in [1.82, 2.24) is 0 Å². The first-order valence-corrected chi connectivity index (χ1v) is 9.05. The minimum absolute atomic E-state index is 0.182. The number of fused-ring (bicyclic) bond motifs is 3. The molecule has 7 heteroatoms. The Hall–Kier alpha value is -1.63. The SMILES string of the molecule is C=C(C)C(=O)O[C@H]1CC(=C)[C@@H]2C[C@H](O)[C@](O)(CCl)C2[C@H]2OC(=O)C(=C)[C@H]12. The van der Waals surface area contributed by atoms with Crippen molar-refractivity contribution in [2.24, 2.45) is 17.8 Å². The fourth-order valence-corrected chi connectivity index (χ4v) is 4.86. The molecule has 26 heavy (non-hydrogen) atoms. The maximum Gasteiger partial charge on any atom is 0.334 e. The molecule has 0 spiro atoms. The number of rotatable bonds is 3. The Balaban J connectivity index is 2.04. The van der Waals surface area contributed by atoms with E-state index in [1.165, 1.54) is 6.92 Å². The van der Waals surface area contributed by atoms with Crippen molar-refractivity contribution in [2.45, 2.75) is 43.7 Å². The zero-order valence-electron chi connectivity index (χ0n) is 14.6. The molecular weight excluding hydrogens is 360 g/mol. The highest BCUT2D eigenvalue weighted by Gasteiger charge is 2.64. The molecule has 0 aromatic carbocycles. The van der Waals surface area contributed by atoms with Crippen molar-refractivity contribution in [1.29, 1.82) is 0 Å². The summed E-state index contributed by atoms with van der Waals surface area (Å²) in [4.78, 5) is 24.3. The molecule has 142 valence electrons. The standard InChI is InChI=1S/C19H23ClO6/c1-8(2)17(22)25-12-5-9(3)11-6-13(21)19(24,7-20)15(11)16-14(12)10(4)18(23)26-16/h11-16,21,24H,1,3-7H2,2H3/t11-,12-,13-,14+,15?,16-,19+/m0/s1. The lowest BCUT2D eigenvalue weighted by Crippen LogP contribution is -2.52. The number of carbonyl (C=O) groups is 2. The average Bonchev–Trinajstić information content (AvgIpc) is 2.97. The van der Waals surface area contributed by atoms with Gasteiger partial charge in [-0.15, -0.1) is 11.6 Å². The lowest BCUT2D eigenvalue weighted by atomic mass is 9.76. The molecule has 2 N–H and O–H groups in total. The second kappa shape index (κ2) is 6.51. The second-order valence-electron chi connectivity index (χ2n) is 7.52. The van der Waals surface area contributed by atoms with Crippen LogP contribution in [-0.4, -0.2) is 51.9 Å². The van der Waals surface area contributed by atoms with Gasteiger partial charge in [0.15, 0.2) is 0 Å². The van der Waals surface area contributed by atoms with Crippen LogP contribution in [-0.2, 0) is 19.1 Å². The van der Waals surface area contributed by atoms with Crippen LogP contribution in [0.1, 0.15) is 19.8 Å². The monoisotopic (exact) mass is 382 g/mol. The van der Waals surface area contributed by atoms with Gasteiger partial charge in [-0.05, 0) is 19.3 Å². The summed E-state index contributed by atoms with van der Waals surface area (Å²) in [5, 5.41) is 21.4. The summed E-state index contributed by atoms with van der Waals surface area (Å²) >= 11 is 5.99. The first kappa shape index (κ1) is 19.1. The summed E-state index contributed by atoms with van der Waals surface area (Å²) in [7, 11) is 0. The molecule has 0 radical (unpaired) electrons. The minimum atomic E-state index is -1.63. The first-order chi connectivity index (χ1) is 12.1. The normalized spacial score (nSPS) is 41.9. The van der Waals surface area contributed by atoms with Crippen LogP contribution < -0.4 is 0 Å². The Morgan fingerprint density at radius 1 is 1.46 bits per heavy atom. The van der Waals surface area contributed by atoms with Crippen molar-refractivity contribution < 1.29 is 29.3 Å². The summed E-state index contributed by atoms with van der Waals surface area (Å²) in [5.74, 6) is -2.99. The predicted octanol–water partition coefficient (Wildman–Crippen LogP) is 1.50. The average molecular weight is 383 g/mol. The molecule has 3 rings (SSSR count). The highest BCUT2D eigenvalue weighted by molar-refractivity contribution is 6.18. The van der Waals surface area contributed by atoms with Crippen molar-refractivity contribution in [3.63, 3.8) is 0 Å². The minimum Gasteiger partial charge on any atom is -0.458 e. The van der Waals surface area contributed by atoms with E-state index >= 15 is 0 Å². The Morgan fingerprint density at radius 3 is 2.69 bits per heavy atom. The molecule has 2 saturated carbocycles. The van der Waals surface area contributed by atoms with Crippen molar-refractivity contribution >= 4 is 23.5 Å². The number of alkyl halides is 1. The molecule has 0 aromatic heterocycles. The lowest BCUT2D eigenvalue weighted by molar-refractivity contribution is -0.155. The number of hydrogen-bond acceptors (Lipinski definition) is 6. The van der Waals surface area contributed by atoms with E-state index in [-0.39, 0.29) is 35.8 Å². The van der Waals surface area contributed by atoms with E-state index in [4.69, 9.17) is 21.1 Å². The van der Waals surface area contributed by atoms with Gasteiger partial charge in [-0.1, -0.05) is 25.3 Å². The van der Waals surface area contributed by atoms with E-state index < -0.39 is 47.7 Å². The van der Waals surface area contributed by atoms with E-state index in [0.717, 1.165) is 0 Å². The van der Waals surface area contributed by atoms with Gasteiger partial charge in [-0.25, -0.2) is 9.59 Å². The van der Waals surface area contributed by atoms with E-state index in [1.807, 2.05) is 0 Å². The Bertz CT molecular complexity index is 700. The van der Waals surface area contributed by atoms with Gasteiger partial charge in [-0.2, -0.15) is 0 Å². The van der Waals surface area contributed by atoms with Gasteiger partial charge in [-0.3, -0.25) is 0 Å². The number of carbonyl (C=O) groups excluding carboxylic acids is 2. The lowest BCUT2D eigenvalue weighted by Gasteiger charge is -2.37. The fourth-order valence-electron chi connectivity index (χ4n) is 4.50. The number of ether oxygens (including phenoxy) is 2. The molecule has 1 aliphatic heterocycles. The van der Waals surface area contributed by atoms with Gasteiger partial charge >= 0.3 is 11.9 Å². The molecule has 3 fully saturated rings. The summed E-state index contributed by atoms with van der Waals surface area (Å²) in [5.41, 5.74) is -0.495. The molecule has 6 nitrogen and oxygen atoms in total. The predicted molar refractivity (Wildman–Crippen MR) is 94.2 cm³/mol. The largest absolute Gasteiger partial charge is 0.458 e. The van der Waals surface area contributed by atoms with E-state index in [1.54, 1.807) is 0 Å². The van der Waals surface area contributed by atoms with Crippen LogP contribution in [0.5, 0.6) is 0 Å². The van der Waals surface area contributed by atoms with Crippen LogP contribution in [0.15, 0.2) is 36.5 Å².